The Kier molecular flexibility index (Phi) is 9.30. The van der Waals surface area contributed by atoms with E-state index < -0.39 is 0 Å². The number of carbonyl (C=O) groups is 1. The van der Waals surface area contributed by atoms with Gasteiger partial charge in [-0.3, -0.25) is 4.79 Å². The van der Waals surface area contributed by atoms with Crippen LogP contribution in [0.2, 0.25) is 0 Å². The van der Waals surface area contributed by atoms with Crippen molar-refractivity contribution in [2.24, 2.45) is 5.92 Å². The van der Waals surface area contributed by atoms with Gasteiger partial charge in [0.05, 0.1) is 12.6 Å². The van der Waals surface area contributed by atoms with Crippen LogP contribution in [-0.2, 0) is 48.8 Å². The summed E-state index contributed by atoms with van der Waals surface area (Å²) >= 11 is 0. The van der Waals surface area contributed by atoms with Crippen molar-refractivity contribution in [2.45, 2.75) is 38.8 Å². The maximum atomic E-state index is 12.9. The van der Waals surface area contributed by atoms with Crippen LogP contribution in [-0.4, -0.2) is 18.6 Å². The minimum Gasteiger partial charge on any atom is -0.387 e. The Morgan fingerprint density at radius 3 is 2.86 bits per heavy atom. The van der Waals surface area contributed by atoms with Gasteiger partial charge < -0.3 is 9.64 Å². The summed E-state index contributed by atoms with van der Waals surface area (Å²) in [7, 11) is 0. The number of ether oxygens (including phenoxy) is 1. The molecule has 2 aromatic rings. The maximum Gasteiger partial charge on any atom is 0.228 e. The molecule has 2 unspecified atom stereocenters. The molecule has 1 radical (unpaired) electrons. The molecule has 1 fully saturated rings. The zero-order valence-corrected chi connectivity index (χ0v) is 19.9. The number of hydrogen-bond donors (Lipinski definition) is 0. The first-order valence-electron chi connectivity index (χ1n) is 9.66. The molecule has 0 spiro atoms. The summed E-state index contributed by atoms with van der Waals surface area (Å²) in [5, 5.41) is 0. The number of anilines is 1. The molecule has 0 aromatic heterocycles. The van der Waals surface area contributed by atoms with Crippen molar-refractivity contribution in [3.63, 3.8) is 0 Å². The van der Waals surface area contributed by atoms with Crippen molar-refractivity contribution in [3.8, 4) is 0 Å². The monoisotopic (exact) mass is 461 g/mol. The Hall–Kier alpha value is -1.73. The smallest absolute Gasteiger partial charge is 0.228 e. The molecular formula is C25H26NO2Y-. The molecule has 147 valence electrons. The molecule has 1 aliphatic heterocycles. The minimum absolute atomic E-state index is 0. The fourth-order valence-electron chi connectivity index (χ4n) is 3.53. The Balaban J connectivity index is 0.00000300. The van der Waals surface area contributed by atoms with Crippen molar-refractivity contribution in [1.29, 1.82) is 0 Å². The predicted molar refractivity (Wildman–Crippen MR) is 112 cm³/mol. The van der Waals surface area contributed by atoms with Gasteiger partial charge in [0.25, 0.3) is 0 Å². The van der Waals surface area contributed by atoms with Crippen molar-refractivity contribution in [3.05, 3.63) is 89.8 Å². The van der Waals surface area contributed by atoms with E-state index in [1.807, 2.05) is 47.4 Å². The number of rotatable bonds is 7. The van der Waals surface area contributed by atoms with E-state index in [-0.39, 0.29) is 50.6 Å². The molecule has 2 aromatic carbocycles. The molecule has 0 saturated carbocycles. The molecule has 1 saturated heterocycles. The molecular weight excluding hydrogens is 435 g/mol. The molecule has 0 aliphatic carbocycles. The second kappa shape index (κ2) is 11.5. The Morgan fingerprint density at radius 2 is 2.17 bits per heavy atom. The van der Waals surface area contributed by atoms with Gasteiger partial charge in [-0.05, 0) is 36.3 Å². The van der Waals surface area contributed by atoms with E-state index in [0.29, 0.717) is 25.6 Å². The fourth-order valence-corrected chi connectivity index (χ4v) is 3.53. The first-order valence-corrected chi connectivity index (χ1v) is 9.66. The van der Waals surface area contributed by atoms with Crippen molar-refractivity contribution in [2.75, 3.05) is 11.5 Å². The normalized spacial score (nSPS) is 18.2. The SMILES string of the molecule is C=C=C=CC1CC(=O)N(c2cccc(C(C)C)c2)C1COCc1c[c-]ccc1.[Y]. The van der Waals surface area contributed by atoms with Gasteiger partial charge in [0.2, 0.25) is 5.91 Å². The van der Waals surface area contributed by atoms with E-state index >= 15 is 0 Å². The van der Waals surface area contributed by atoms with E-state index in [1.165, 1.54) is 5.56 Å². The third-order valence-corrected chi connectivity index (χ3v) is 5.05. The van der Waals surface area contributed by atoms with E-state index in [4.69, 9.17) is 4.74 Å². The van der Waals surface area contributed by atoms with Gasteiger partial charge in [0, 0.05) is 57.3 Å². The number of nitrogens with zero attached hydrogens (tertiary/aromatic N) is 1. The third-order valence-electron chi connectivity index (χ3n) is 5.05. The van der Waals surface area contributed by atoms with Gasteiger partial charge in [-0.25, -0.2) is 0 Å². The van der Waals surface area contributed by atoms with Gasteiger partial charge >= 0.3 is 0 Å². The predicted octanol–water partition coefficient (Wildman–Crippen LogP) is 5.04. The molecule has 1 heterocycles. The minimum atomic E-state index is -0.0801. The molecule has 1 amide bonds. The summed E-state index contributed by atoms with van der Waals surface area (Å²) in [5.74, 6) is 0.530. The fraction of sp³-hybridized carbons (Fsp3) is 0.320. The van der Waals surface area contributed by atoms with Crippen LogP contribution in [0, 0.1) is 12.0 Å². The van der Waals surface area contributed by atoms with E-state index in [0.717, 1.165) is 11.3 Å². The van der Waals surface area contributed by atoms with E-state index in [1.54, 1.807) is 0 Å². The maximum absolute atomic E-state index is 12.9. The van der Waals surface area contributed by atoms with Crippen molar-refractivity contribution >= 4 is 11.6 Å². The average molecular weight is 461 g/mol. The molecule has 2 atom stereocenters. The van der Waals surface area contributed by atoms with Crippen LogP contribution < -0.4 is 4.90 Å². The number of hydrogen-bond acceptors (Lipinski definition) is 2. The van der Waals surface area contributed by atoms with Crippen LogP contribution in [0.25, 0.3) is 0 Å². The Labute approximate surface area is 199 Å². The van der Waals surface area contributed by atoms with Crippen LogP contribution in [0.15, 0.2) is 72.6 Å². The zero-order valence-electron chi connectivity index (χ0n) is 17.1. The molecule has 4 heteroatoms. The summed E-state index contributed by atoms with van der Waals surface area (Å²) in [6.45, 7) is 8.83. The molecule has 1 aliphatic rings. The third kappa shape index (κ3) is 6.13. The van der Waals surface area contributed by atoms with Gasteiger partial charge in [0.15, 0.2) is 0 Å². The second-order valence-corrected chi connectivity index (χ2v) is 7.36. The van der Waals surface area contributed by atoms with Crippen LogP contribution in [0.3, 0.4) is 0 Å². The zero-order chi connectivity index (χ0) is 19.9. The molecule has 3 rings (SSSR count). The molecule has 3 nitrogen and oxygen atoms in total. The molecule has 0 bridgehead atoms. The van der Waals surface area contributed by atoms with Gasteiger partial charge in [0.1, 0.15) is 0 Å². The van der Waals surface area contributed by atoms with Crippen molar-refractivity contribution in [1.82, 2.24) is 0 Å². The topological polar surface area (TPSA) is 29.5 Å². The van der Waals surface area contributed by atoms with Gasteiger partial charge in [-0.15, -0.1) is 5.56 Å². The summed E-state index contributed by atoms with van der Waals surface area (Å²) in [4.78, 5) is 14.7. The van der Waals surface area contributed by atoms with Gasteiger partial charge in [-0.1, -0.05) is 37.4 Å². The van der Waals surface area contributed by atoms with Crippen LogP contribution in [0.4, 0.5) is 5.69 Å². The summed E-state index contributed by atoms with van der Waals surface area (Å²) in [5.41, 5.74) is 8.80. The first kappa shape index (κ1) is 23.6. The first-order chi connectivity index (χ1) is 13.6. The van der Waals surface area contributed by atoms with Crippen LogP contribution in [0.1, 0.15) is 37.3 Å². The van der Waals surface area contributed by atoms with Gasteiger partial charge in [-0.2, -0.15) is 30.3 Å². The van der Waals surface area contributed by atoms with Crippen LogP contribution in [0.5, 0.6) is 0 Å². The largest absolute Gasteiger partial charge is 0.387 e. The number of amides is 1. The number of benzene rings is 2. The Bertz CT molecular complexity index is 896. The average Bonchev–Trinajstić information content (AvgIpc) is 3.02. The van der Waals surface area contributed by atoms with E-state index in [2.05, 4.69) is 50.1 Å². The number of carbonyl (C=O) groups excluding carboxylic acids is 1. The van der Waals surface area contributed by atoms with Crippen molar-refractivity contribution < 1.29 is 42.2 Å². The molecule has 29 heavy (non-hydrogen) atoms. The summed E-state index contributed by atoms with van der Waals surface area (Å²) in [6.07, 6.45) is 2.33. The quantitative estimate of drug-likeness (QED) is 0.427. The summed E-state index contributed by atoms with van der Waals surface area (Å²) in [6, 6.07) is 18.9. The standard InChI is InChI=1S/C25H26NO2.Y/c1-4-5-12-22-16-25(27)26(23-14-9-13-21(15-23)19(2)3)24(22)18-28-17-20-10-7-6-8-11-20;/h6-7,9-15,19,22,24H,1,16-18H2,2-3H3;/q-1;. The van der Waals surface area contributed by atoms with Crippen LogP contribution >= 0.6 is 0 Å². The Morgan fingerprint density at radius 1 is 1.34 bits per heavy atom. The summed E-state index contributed by atoms with van der Waals surface area (Å²) < 4.78 is 5.99. The molecule has 0 N–H and O–H groups in total. The van der Waals surface area contributed by atoms with E-state index in [9.17, 15) is 4.79 Å². The second-order valence-electron chi connectivity index (χ2n) is 7.36.